The van der Waals surface area contributed by atoms with Crippen molar-refractivity contribution in [3.63, 3.8) is 0 Å². The van der Waals surface area contributed by atoms with Crippen LogP contribution < -0.4 is 5.32 Å². The second-order valence-corrected chi connectivity index (χ2v) is 6.04. The van der Waals surface area contributed by atoms with Crippen LogP contribution in [-0.2, 0) is 0 Å². The van der Waals surface area contributed by atoms with Gasteiger partial charge in [0, 0.05) is 21.6 Å². The summed E-state index contributed by atoms with van der Waals surface area (Å²) in [6, 6.07) is 5.32. The van der Waals surface area contributed by atoms with E-state index < -0.39 is 0 Å². The van der Waals surface area contributed by atoms with E-state index >= 15 is 0 Å². The largest absolute Gasteiger partial charge is 0.352 e. The Bertz CT molecular complexity index is 412. The van der Waals surface area contributed by atoms with Crippen LogP contribution in [-0.4, -0.2) is 18.3 Å². The lowest BCUT2D eigenvalue weighted by atomic mass is 10.0. The average molecular weight is 400 g/mol. The van der Waals surface area contributed by atoms with Gasteiger partial charge in [0.15, 0.2) is 0 Å². The second-order valence-electron chi connectivity index (χ2n) is 4.09. The standard InChI is InChI=1S/C13H16Cl2INO/c1-2-9(5-6-14)8-17-13(18)10-3-4-12(16)11(15)7-10/h3-4,7,9H,2,5-6,8H2,1H3,(H,17,18). The third-order valence-corrected chi connectivity index (χ3v) is 4.62. The molecule has 1 atom stereocenters. The van der Waals surface area contributed by atoms with Crippen molar-refractivity contribution in [2.45, 2.75) is 19.8 Å². The monoisotopic (exact) mass is 399 g/mol. The predicted molar refractivity (Wildman–Crippen MR) is 85.6 cm³/mol. The van der Waals surface area contributed by atoms with E-state index in [4.69, 9.17) is 23.2 Å². The van der Waals surface area contributed by atoms with E-state index in [0.29, 0.717) is 28.9 Å². The van der Waals surface area contributed by atoms with Gasteiger partial charge in [-0.3, -0.25) is 4.79 Å². The summed E-state index contributed by atoms with van der Waals surface area (Å²) >= 11 is 13.8. The molecule has 1 aromatic rings. The Hall–Kier alpha value is -0.0000000000000000555. The molecule has 1 N–H and O–H groups in total. The molecule has 0 aromatic heterocycles. The van der Waals surface area contributed by atoms with Crippen molar-refractivity contribution in [2.75, 3.05) is 12.4 Å². The van der Waals surface area contributed by atoms with Gasteiger partial charge in [-0.15, -0.1) is 11.6 Å². The maximum absolute atomic E-state index is 11.9. The number of nitrogens with one attached hydrogen (secondary N) is 1. The molecule has 1 unspecified atom stereocenters. The number of hydrogen-bond donors (Lipinski definition) is 1. The summed E-state index contributed by atoms with van der Waals surface area (Å²) in [4.78, 5) is 11.9. The number of amides is 1. The molecule has 0 saturated carbocycles. The highest BCUT2D eigenvalue weighted by atomic mass is 127. The van der Waals surface area contributed by atoms with Gasteiger partial charge >= 0.3 is 0 Å². The molecule has 1 aromatic carbocycles. The van der Waals surface area contributed by atoms with Crippen LogP contribution in [0.15, 0.2) is 18.2 Å². The zero-order chi connectivity index (χ0) is 13.5. The lowest BCUT2D eigenvalue weighted by molar-refractivity contribution is 0.0946. The normalized spacial score (nSPS) is 12.2. The molecule has 0 aliphatic carbocycles. The Labute approximate surface area is 132 Å². The van der Waals surface area contributed by atoms with Crippen molar-refractivity contribution < 1.29 is 4.79 Å². The molecule has 0 heterocycles. The average Bonchev–Trinajstić information content (AvgIpc) is 2.37. The predicted octanol–water partition coefficient (Wildman–Crippen LogP) is 4.33. The van der Waals surface area contributed by atoms with Crippen molar-refractivity contribution in [1.82, 2.24) is 5.32 Å². The molecule has 0 aliphatic heterocycles. The lowest BCUT2D eigenvalue weighted by Gasteiger charge is -2.14. The Morgan fingerprint density at radius 3 is 2.78 bits per heavy atom. The number of halogens is 3. The van der Waals surface area contributed by atoms with Crippen LogP contribution in [0.3, 0.4) is 0 Å². The fourth-order valence-electron chi connectivity index (χ4n) is 1.58. The number of benzene rings is 1. The van der Waals surface area contributed by atoms with E-state index in [1.54, 1.807) is 12.1 Å². The summed E-state index contributed by atoms with van der Waals surface area (Å²) in [5, 5.41) is 3.53. The molecule has 0 saturated heterocycles. The number of rotatable bonds is 6. The first-order valence-electron chi connectivity index (χ1n) is 5.87. The minimum absolute atomic E-state index is 0.0821. The number of hydrogen-bond acceptors (Lipinski definition) is 1. The summed E-state index contributed by atoms with van der Waals surface area (Å²) in [5.41, 5.74) is 0.598. The summed E-state index contributed by atoms with van der Waals surface area (Å²) in [6.45, 7) is 2.76. The van der Waals surface area contributed by atoms with E-state index in [9.17, 15) is 4.79 Å². The smallest absolute Gasteiger partial charge is 0.251 e. The number of alkyl halides is 1. The molecular formula is C13H16Cl2INO. The van der Waals surface area contributed by atoms with Gasteiger partial charge in [-0.1, -0.05) is 24.9 Å². The first-order chi connectivity index (χ1) is 8.58. The third kappa shape index (κ3) is 4.94. The minimum Gasteiger partial charge on any atom is -0.352 e. The molecule has 1 amide bonds. The Morgan fingerprint density at radius 1 is 1.50 bits per heavy atom. The Kier molecular flexibility index (Phi) is 7.34. The van der Waals surface area contributed by atoms with Gasteiger partial charge in [-0.05, 0) is 53.1 Å². The highest BCUT2D eigenvalue weighted by molar-refractivity contribution is 14.1. The maximum atomic E-state index is 11.9. The number of carbonyl (C=O) groups is 1. The van der Waals surface area contributed by atoms with Gasteiger partial charge in [-0.2, -0.15) is 0 Å². The van der Waals surface area contributed by atoms with Gasteiger partial charge in [0.1, 0.15) is 0 Å². The van der Waals surface area contributed by atoms with Gasteiger partial charge in [0.2, 0.25) is 0 Å². The quantitative estimate of drug-likeness (QED) is 0.559. The van der Waals surface area contributed by atoms with E-state index in [0.717, 1.165) is 16.4 Å². The van der Waals surface area contributed by atoms with Crippen molar-refractivity contribution in [3.8, 4) is 0 Å². The Balaban J connectivity index is 2.57. The van der Waals surface area contributed by atoms with Crippen LogP contribution in [0.25, 0.3) is 0 Å². The van der Waals surface area contributed by atoms with E-state index in [2.05, 4.69) is 34.8 Å². The van der Waals surface area contributed by atoms with Crippen LogP contribution in [0.1, 0.15) is 30.1 Å². The first-order valence-corrected chi connectivity index (χ1v) is 7.86. The van der Waals surface area contributed by atoms with Crippen LogP contribution in [0.2, 0.25) is 5.02 Å². The van der Waals surface area contributed by atoms with Crippen molar-refractivity contribution in [3.05, 3.63) is 32.4 Å². The van der Waals surface area contributed by atoms with Gasteiger partial charge in [0.05, 0.1) is 5.02 Å². The molecular weight excluding hydrogens is 384 g/mol. The van der Waals surface area contributed by atoms with Crippen molar-refractivity contribution in [2.24, 2.45) is 5.92 Å². The summed E-state index contributed by atoms with van der Waals surface area (Å²) in [7, 11) is 0. The zero-order valence-corrected chi connectivity index (χ0v) is 13.8. The van der Waals surface area contributed by atoms with Crippen molar-refractivity contribution >= 4 is 51.7 Å². The maximum Gasteiger partial charge on any atom is 0.251 e. The molecule has 0 aliphatic rings. The molecule has 0 bridgehead atoms. The molecule has 18 heavy (non-hydrogen) atoms. The fourth-order valence-corrected chi connectivity index (χ4v) is 2.41. The molecule has 1 rings (SSSR count). The summed E-state index contributed by atoms with van der Waals surface area (Å²) in [6.07, 6.45) is 1.94. The van der Waals surface area contributed by atoms with Crippen LogP contribution in [0.5, 0.6) is 0 Å². The SMILES string of the molecule is CCC(CCCl)CNC(=O)c1ccc(I)c(Cl)c1. The van der Waals surface area contributed by atoms with Crippen LogP contribution >= 0.6 is 45.8 Å². The highest BCUT2D eigenvalue weighted by Gasteiger charge is 2.10. The van der Waals surface area contributed by atoms with E-state index in [-0.39, 0.29) is 5.91 Å². The molecule has 0 fully saturated rings. The molecule has 100 valence electrons. The van der Waals surface area contributed by atoms with E-state index in [1.165, 1.54) is 0 Å². The third-order valence-electron chi connectivity index (χ3n) is 2.83. The summed E-state index contributed by atoms with van der Waals surface area (Å²) in [5.74, 6) is 0.982. The molecule has 0 radical (unpaired) electrons. The summed E-state index contributed by atoms with van der Waals surface area (Å²) < 4.78 is 0.944. The lowest BCUT2D eigenvalue weighted by Crippen LogP contribution is -2.29. The number of carbonyl (C=O) groups excluding carboxylic acids is 1. The Morgan fingerprint density at radius 2 is 2.22 bits per heavy atom. The van der Waals surface area contributed by atoms with Gasteiger partial charge in [0.25, 0.3) is 5.91 Å². The topological polar surface area (TPSA) is 29.1 Å². The van der Waals surface area contributed by atoms with Crippen LogP contribution in [0.4, 0.5) is 0 Å². The van der Waals surface area contributed by atoms with Gasteiger partial charge in [-0.25, -0.2) is 0 Å². The zero-order valence-electron chi connectivity index (χ0n) is 10.2. The van der Waals surface area contributed by atoms with Crippen LogP contribution in [0, 0.1) is 9.49 Å². The highest BCUT2D eigenvalue weighted by Crippen LogP contribution is 2.19. The van der Waals surface area contributed by atoms with Gasteiger partial charge < -0.3 is 5.32 Å². The molecule has 2 nitrogen and oxygen atoms in total. The fraction of sp³-hybridized carbons (Fsp3) is 0.462. The molecule has 0 spiro atoms. The second kappa shape index (κ2) is 8.23. The van der Waals surface area contributed by atoms with Crippen molar-refractivity contribution in [1.29, 1.82) is 0 Å². The minimum atomic E-state index is -0.0821. The first kappa shape index (κ1) is 16.1. The molecule has 5 heteroatoms. The van der Waals surface area contributed by atoms with E-state index in [1.807, 2.05) is 6.07 Å².